The van der Waals surface area contributed by atoms with Gasteiger partial charge in [-0.15, -0.1) is 0 Å². The fourth-order valence-corrected chi connectivity index (χ4v) is 5.29. The molecule has 0 unspecified atom stereocenters. The Hall–Kier alpha value is -4.64. The summed E-state index contributed by atoms with van der Waals surface area (Å²) in [7, 11) is 1.78. The molecule has 2 aromatic carbocycles. The molecule has 0 aliphatic heterocycles. The average molecular weight is 524 g/mol. The van der Waals surface area contributed by atoms with Gasteiger partial charge in [0.15, 0.2) is 0 Å². The van der Waals surface area contributed by atoms with Crippen molar-refractivity contribution in [1.82, 2.24) is 9.55 Å². The van der Waals surface area contributed by atoms with Crippen LogP contribution in [0.5, 0.6) is 5.75 Å². The third kappa shape index (κ3) is 4.96. The Morgan fingerprint density at radius 2 is 1.92 bits per heavy atom. The normalized spacial score (nSPS) is 13.7. The quantitative estimate of drug-likeness (QED) is 0.273. The van der Waals surface area contributed by atoms with Crippen LogP contribution < -0.4 is 15.8 Å². The van der Waals surface area contributed by atoms with E-state index in [0.717, 1.165) is 24.2 Å². The first-order valence-electron chi connectivity index (χ1n) is 13.0. The Morgan fingerprint density at radius 3 is 2.56 bits per heavy atom. The molecule has 0 saturated heterocycles. The maximum absolute atomic E-state index is 15.7. The second kappa shape index (κ2) is 10.6. The van der Waals surface area contributed by atoms with Gasteiger partial charge in [0.25, 0.3) is 5.91 Å². The molecule has 5 rings (SSSR count). The number of benzene rings is 2. The Kier molecular flexibility index (Phi) is 7.07. The van der Waals surface area contributed by atoms with E-state index in [-0.39, 0.29) is 17.8 Å². The molecule has 39 heavy (non-hydrogen) atoms. The molecule has 4 aromatic rings. The molecule has 0 spiro atoms. The number of carbonyl (C=O) groups is 1. The summed E-state index contributed by atoms with van der Waals surface area (Å²) >= 11 is 0. The number of nitrogens with zero attached hydrogens (tertiary/aromatic N) is 3. The number of pyridine rings is 1. The van der Waals surface area contributed by atoms with Gasteiger partial charge in [0.05, 0.1) is 28.3 Å². The lowest BCUT2D eigenvalue weighted by Gasteiger charge is -2.23. The first-order chi connectivity index (χ1) is 18.8. The third-order valence-electron chi connectivity index (χ3n) is 7.23. The minimum atomic E-state index is -0.538. The summed E-state index contributed by atoms with van der Waals surface area (Å²) in [4.78, 5) is 16.3. The molecule has 2 aromatic heterocycles. The molecule has 3 N–H and O–H groups in total. The molecule has 1 amide bonds. The van der Waals surface area contributed by atoms with E-state index in [4.69, 9.17) is 10.5 Å². The minimum Gasteiger partial charge on any atom is -0.490 e. The number of rotatable bonds is 6. The highest BCUT2D eigenvalue weighted by atomic mass is 19.1. The van der Waals surface area contributed by atoms with Gasteiger partial charge < -0.3 is 20.4 Å². The van der Waals surface area contributed by atoms with Gasteiger partial charge in [-0.25, -0.2) is 9.37 Å². The monoisotopic (exact) mass is 523 g/mol. The number of anilines is 2. The molecule has 7 nitrogen and oxygen atoms in total. The first kappa shape index (κ1) is 26.0. The van der Waals surface area contributed by atoms with Gasteiger partial charge in [-0.3, -0.25) is 4.79 Å². The van der Waals surface area contributed by atoms with Gasteiger partial charge in [-0.05, 0) is 68.5 Å². The lowest BCUT2D eigenvalue weighted by atomic mass is 9.97. The molecule has 0 radical (unpaired) electrons. The number of aryl methyl sites for hydroxylation is 1. The van der Waals surface area contributed by atoms with Crippen molar-refractivity contribution < 1.29 is 13.9 Å². The van der Waals surface area contributed by atoms with Gasteiger partial charge in [-0.2, -0.15) is 5.26 Å². The number of amides is 1. The number of hydrogen-bond acceptors (Lipinski definition) is 5. The molecule has 0 bridgehead atoms. The number of nitrogens with two attached hydrogens (primary N) is 1. The Bertz CT molecular complexity index is 1630. The Balaban J connectivity index is 1.65. The molecule has 1 aliphatic rings. The Morgan fingerprint density at radius 1 is 1.21 bits per heavy atom. The van der Waals surface area contributed by atoms with E-state index in [1.165, 1.54) is 31.5 Å². The van der Waals surface area contributed by atoms with Crippen LogP contribution >= 0.6 is 0 Å². The predicted molar refractivity (Wildman–Crippen MR) is 152 cm³/mol. The minimum absolute atomic E-state index is 0.216. The van der Waals surface area contributed by atoms with Crippen LogP contribution in [0, 0.1) is 17.1 Å². The topological polar surface area (TPSA) is 106 Å². The van der Waals surface area contributed by atoms with Crippen molar-refractivity contribution in [3.63, 3.8) is 0 Å². The van der Waals surface area contributed by atoms with Gasteiger partial charge in [0.1, 0.15) is 23.5 Å². The molecule has 2 heterocycles. The number of nitriles is 1. The summed E-state index contributed by atoms with van der Waals surface area (Å²) in [5.74, 6) is 0.0959. The van der Waals surface area contributed by atoms with Gasteiger partial charge >= 0.3 is 0 Å². The van der Waals surface area contributed by atoms with Crippen molar-refractivity contribution >= 4 is 28.3 Å². The lowest BCUT2D eigenvalue weighted by Crippen LogP contribution is -2.19. The van der Waals surface area contributed by atoms with E-state index in [2.05, 4.69) is 22.9 Å². The predicted octanol–water partition coefficient (Wildman–Crippen LogP) is 6.73. The van der Waals surface area contributed by atoms with Crippen LogP contribution in [-0.2, 0) is 11.8 Å². The number of carbonyl (C=O) groups excluding carboxylic acids is 1. The molecule has 0 atom stereocenters. The van der Waals surface area contributed by atoms with Crippen molar-refractivity contribution in [1.29, 1.82) is 5.26 Å². The summed E-state index contributed by atoms with van der Waals surface area (Å²) in [5.41, 5.74) is 10.2. The van der Waals surface area contributed by atoms with E-state index >= 15 is 4.39 Å². The number of nitrogen functional groups attached to an aromatic ring is 1. The summed E-state index contributed by atoms with van der Waals surface area (Å²) < 4.78 is 23.7. The van der Waals surface area contributed by atoms with E-state index < -0.39 is 5.82 Å². The van der Waals surface area contributed by atoms with E-state index in [1.807, 2.05) is 24.3 Å². The summed E-state index contributed by atoms with van der Waals surface area (Å²) in [5, 5.41) is 13.0. The number of aromatic nitrogens is 2. The SMILES string of the molecule is C=C(C)C(=O)Nc1ccc(-c2c(-c3ccc(OC4CCCCC4)cc3)c3c(N)ncc(C#N)c3n2C)c(F)c1. The number of fused-ring (bicyclic) bond motifs is 1. The number of halogens is 1. The molecular weight excluding hydrogens is 493 g/mol. The second-order valence-corrected chi connectivity index (χ2v) is 10.0. The van der Waals surface area contributed by atoms with Crippen LogP contribution in [0.2, 0.25) is 0 Å². The molecule has 198 valence electrons. The summed E-state index contributed by atoms with van der Waals surface area (Å²) in [6.07, 6.45) is 7.36. The van der Waals surface area contributed by atoms with Crippen LogP contribution in [0.4, 0.5) is 15.9 Å². The maximum Gasteiger partial charge on any atom is 0.250 e. The summed E-state index contributed by atoms with van der Waals surface area (Å²) in [6.45, 7) is 5.20. The first-order valence-corrected chi connectivity index (χ1v) is 13.0. The van der Waals surface area contributed by atoms with Crippen molar-refractivity contribution in [2.75, 3.05) is 11.1 Å². The molecule has 8 heteroatoms. The van der Waals surface area contributed by atoms with E-state index in [9.17, 15) is 10.1 Å². The highest BCUT2D eigenvalue weighted by Gasteiger charge is 2.25. The largest absolute Gasteiger partial charge is 0.490 e. The highest BCUT2D eigenvalue weighted by Crippen LogP contribution is 2.44. The fourth-order valence-electron chi connectivity index (χ4n) is 5.29. The van der Waals surface area contributed by atoms with Crippen molar-refractivity contribution in [3.05, 3.63) is 72.2 Å². The molecule has 1 saturated carbocycles. The molecule has 1 aliphatic carbocycles. The van der Waals surface area contributed by atoms with Crippen LogP contribution in [0.3, 0.4) is 0 Å². The van der Waals surface area contributed by atoms with Crippen molar-refractivity contribution in [2.45, 2.75) is 45.1 Å². The van der Waals surface area contributed by atoms with Crippen LogP contribution in [0.15, 0.2) is 60.8 Å². The van der Waals surface area contributed by atoms with Crippen LogP contribution in [-0.4, -0.2) is 21.6 Å². The van der Waals surface area contributed by atoms with Crippen molar-refractivity contribution in [3.8, 4) is 34.2 Å². The smallest absolute Gasteiger partial charge is 0.250 e. The summed E-state index contributed by atoms with van der Waals surface area (Å²) in [6, 6.07) is 14.4. The lowest BCUT2D eigenvalue weighted by molar-refractivity contribution is -0.112. The van der Waals surface area contributed by atoms with Gasteiger partial charge in [-0.1, -0.05) is 25.1 Å². The standard InChI is InChI=1S/C31H30FN5O2/c1-18(2)31(38)36-21-11-14-24(25(32)15-21)29-26(27-28(37(29)3)20(16-33)17-35-30(27)34)19-9-12-23(13-10-19)39-22-7-5-4-6-8-22/h9-15,17,22H,1,4-8H2,2-3H3,(H2,34,35)(H,36,38). The number of ether oxygens (including phenoxy) is 1. The van der Waals surface area contributed by atoms with Crippen molar-refractivity contribution in [2.24, 2.45) is 7.05 Å². The fraction of sp³-hybridized carbons (Fsp3) is 0.258. The second-order valence-electron chi connectivity index (χ2n) is 10.0. The zero-order valence-corrected chi connectivity index (χ0v) is 22.1. The Labute approximate surface area is 226 Å². The molecular formula is C31H30FN5O2. The van der Waals surface area contributed by atoms with Crippen LogP contribution in [0.25, 0.3) is 33.3 Å². The highest BCUT2D eigenvalue weighted by molar-refractivity contribution is 6.11. The number of hydrogen-bond donors (Lipinski definition) is 2. The number of nitrogens with one attached hydrogen (secondary N) is 1. The third-order valence-corrected chi connectivity index (χ3v) is 7.23. The van der Waals surface area contributed by atoms with E-state index in [1.54, 1.807) is 30.7 Å². The molecule has 1 fully saturated rings. The van der Waals surface area contributed by atoms with E-state index in [0.29, 0.717) is 44.5 Å². The zero-order chi connectivity index (χ0) is 27.7. The maximum atomic E-state index is 15.7. The zero-order valence-electron chi connectivity index (χ0n) is 22.1. The van der Waals surface area contributed by atoms with Crippen LogP contribution in [0.1, 0.15) is 44.6 Å². The average Bonchev–Trinajstić information content (AvgIpc) is 3.23. The van der Waals surface area contributed by atoms with Gasteiger partial charge in [0, 0.05) is 35.6 Å². The van der Waals surface area contributed by atoms with Gasteiger partial charge in [0.2, 0.25) is 0 Å².